The van der Waals surface area contributed by atoms with E-state index in [1.807, 2.05) is 31.2 Å². The zero-order valence-electron chi connectivity index (χ0n) is 22.1. The fourth-order valence-electron chi connectivity index (χ4n) is 5.73. The van der Waals surface area contributed by atoms with E-state index in [0.29, 0.717) is 24.5 Å². The van der Waals surface area contributed by atoms with Crippen LogP contribution in [-0.2, 0) is 19.4 Å². The maximum Gasteiger partial charge on any atom is 0.261 e. The van der Waals surface area contributed by atoms with E-state index >= 15 is 0 Å². The number of benzene rings is 2. The number of piperidine rings is 1. The van der Waals surface area contributed by atoms with Gasteiger partial charge in [-0.2, -0.15) is 0 Å². The van der Waals surface area contributed by atoms with Gasteiger partial charge in [-0.15, -0.1) is 0 Å². The number of phenolic OH excluding ortho intramolecular Hbond substituents is 1. The summed E-state index contributed by atoms with van der Waals surface area (Å²) in [5.74, 6) is 1.44. The van der Waals surface area contributed by atoms with Crippen LogP contribution in [0.1, 0.15) is 35.5 Å². The van der Waals surface area contributed by atoms with Crippen LogP contribution in [0.4, 0.5) is 4.39 Å². The molecule has 1 aliphatic heterocycles. The Balaban J connectivity index is 1.13. The smallest absolute Gasteiger partial charge is 0.261 e. The largest absolute Gasteiger partial charge is 0.508 e. The zero-order chi connectivity index (χ0) is 26.9. The molecule has 200 valence electrons. The van der Waals surface area contributed by atoms with Gasteiger partial charge in [0.2, 0.25) is 0 Å². The minimum Gasteiger partial charge on any atom is -0.508 e. The maximum atomic E-state index is 13.5. The molecular weight excluding hydrogens is 493 g/mol. The van der Waals surface area contributed by atoms with Crippen molar-refractivity contribution < 1.29 is 9.50 Å². The van der Waals surface area contributed by atoms with E-state index < -0.39 is 0 Å². The first-order chi connectivity index (χ1) is 18.9. The van der Waals surface area contributed by atoms with Gasteiger partial charge in [0.05, 0.1) is 11.0 Å². The number of fused-ring (bicyclic) bond motifs is 2. The summed E-state index contributed by atoms with van der Waals surface area (Å²) in [6, 6.07) is 17.4. The van der Waals surface area contributed by atoms with Crippen molar-refractivity contribution >= 4 is 16.7 Å². The van der Waals surface area contributed by atoms with Gasteiger partial charge in [-0.25, -0.2) is 14.4 Å². The lowest BCUT2D eigenvalue weighted by Crippen LogP contribution is -2.37. The lowest BCUT2D eigenvalue weighted by molar-refractivity contribution is 0.184. The van der Waals surface area contributed by atoms with E-state index in [9.17, 15) is 14.3 Å². The summed E-state index contributed by atoms with van der Waals surface area (Å²) in [7, 11) is 0. The van der Waals surface area contributed by atoms with Crippen molar-refractivity contribution in [3.63, 3.8) is 0 Å². The zero-order valence-corrected chi connectivity index (χ0v) is 22.1. The predicted molar refractivity (Wildman–Crippen MR) is 150 cm³/mol. The SMILES string of the molecule is Cc1nc2ccccn2c(=O)c1CCN1CCC(Cc2nc3ccc(O)cc3n2Cc2ccc(F)cc2)CC1. The highest BCUT2D eigenvalue weighted by Gasteiger charge is 2.23. The molecule has 6 rings (SSSR count). The number of halogens is 1. The van der Waals surface area contributed by atoms with E-state index in [1.165, 1.54) is 12.1 Å². The third-order valence-corrected chi connectivity index (χ3v) is 7.96. The molecule has 0 unspecified atom stereocenters. The number of aromatic hydroxyl groups is 1. The predicted octanol–water partition coefficient (Wildman–Crippen LogP) is 4.74. The monoisotopic (exact) mass is 525 g/mol. The van der Waals surface area contributed by atoms with Gasteiger partial charge in [0.1, 0.15) is 23.0 Å². The summed E-state index contributed by atoms with van der Waals surface area (Å²) in [5.41, 5.74) is 5.05. The molecule has 5 aromatic rings. The second kappa shape index (κ2) is 10.6. The molecule has 7 nitrogen and oxygen atoms in total. The molecule has 0 amide bonds. The number of imidazole rings is 1. The second-order valence-electron chi connectivity index (χ2n) is 10.6. The van der Waals surface area contributed by atoms with Gasteiger partial charge in [0.15, 0.2) is 0 Å². The van der Waals surface area contributed by atoms with Crippen LogP contribution in [0.2, 0.25) is 0 Å². The van der Waals surface area contributed by atoms with Crippen LogP contribution in [0.5, 0.6) is 5.75 Å². The van der Waals surface area contributed by atoms with E-state index in [4.69, 9.17) is 4.98 Å². The molecule has 0 saturated carbocycles. The fraction of sp³-hybridized carbons (Fsp3) is 0.323. The van der Waals surface area contributed by atoms with Gasteiger partial charge < -0.3 is 14.6 Å². The summed E-state index contributed by atoms with van der Waals surface area (Å²) in [4.78, 5) is 25.0. The van der Waals surface area contributed by atoms with Crippen molar-refractivity contribution in [2.75, 3.05) is 19.6 Å². The summed E-state index contributed by atoms with van der Waals surface area (Å²) in [6.45, 7) is 5.29. The van der Waals surface area contributed by atoms with Crippen LogP contribution in [0.3, 0.4) is 0 Å². The third-order valence-electron chi connectivity index (χ3n) is 7.96. The standard InChI is InChI=1S/C31H32FN5O2/c1-21-26(31(39)36-14-3-2-4-29(36)33-21)13-17-35-15-11-22(12-16-35)18-30-34-27-10-9-25(38)19-28(27)37(30)20-23-5-7-24(32)8-6-23/h2-10,14,19,22,38H,11-13,15-18,20H2,1H3. The lowest BCUT2D eigenvalue weighted by atomic mass is 9.93. The van der Waals surface area contributed by atoms with Gasteiger partial charge in [0, 0.05) is 43.0 Å². The Morgan fingerprint density at radius 2 is 1.82 bits per heavy atom. The van der Waals surface area contributed by atoms with E-state index in [0.717, 1.165) is 72.6 Å². The number of likely N-dealkylation sites (tertiary alicyclic amines) is 1. The number of phenols is 1. The van der Waals surface area contributed by atoms with Crippen molar-refractivity contribution in [2.24, 2.45) is 5.92 Å². The molecule has 2 aromatic carbocycles. The number of aryl methyl sites for hydroxylation is 1. The van der Waals surface area contributed by atoms with Crippen molar-refractivity contribution in [3.05, 3.63) is 106 Å². The van der Waals surface area contributed by atoms with Crippen molar-refractivity contribution in [2.45, 2.75) is 39.2 Å². The number of nitrogens with zero attached hydrogens (tertiary/aromatic N) is 5. The van der Waals surface area contributed by atoms with Gasteiger partial charge >= 0.3 is 0 Å². The van der Waals surface area contributed by atoms with Crippen molar-refractivity contribution in [1.29, 1.82) is 0 Å². The maximum absolute atomic E-state index is 13.5. The van der Waals surface area contributed by atoms with Crippen LogP contribution in [0, 0.1) is 18.7 Å². The van der Waals surface area contributed by atoms with Crippen LogP contribution in [0.25, 0.3) is 16.7 Å². The topological polar surface area (TPSA) is 75.7 Å². The van der Waals surface area contributed by atoms with E-state index in [-0.39, 0.29) is 17.1 Å². The molecule has 0 bridgehead atoms. The average molecular weight is 526 g/mol. The Kier molecular flexibility index (Phi) is 6.87. The molecule has 0 spiro atoms. The number of hydrogen-bond donors (Lipinski definition) is 1. The summed E-state index contributed by atoms with van der Waals surface area (Å²) >= 11 is 0. The highest BCUT2D eigenvalue weighted by molar-refractivity contribution is 5.78. The molecule has 1 N–H and O–H groups in total. The minimum absolute atomic E-state index is 0.0269. The van der Waals surface area contributed by atoms with Crippen LogP contribution in [0.15, 0.2) is 71.7 Å². The molecule has 0 atom stereocenters. The van der Waals surface area contributed by atoms with Gasteiger partial charge in [0.25, 0.3) is 5.56 Å². The first kappa shape index (κ1) is 25.2. The quantitative estimate of drug-likeness (QED) is 0.332. The van der Waals surface area contributed by atoms with Crippen LogP contribution < -0.4 is 5.56 Å². The molecular formula is C31H32FN5O2. The molecule has 3 aromatic heterocycles. The first-order valence-electron chi connectivity index (χ1n) is 13.6. The first-order valence-corrected chi connectivity index (χ1v) is 13.6. The van der Waals surface area contributed by atoms with E-state index in [1.54, 1.807) is 34.9 Å². The fourth-order valence-corrected chi connectivity index (χ4v) is 5.73. The summed E-state index contributed by atoms with van der Waals surface area (Å²) < 4.78 is 17.3. The Morgan fingerprint density at radius 1 is 1.03 bits per heavy atom. The van der Waals surface area contributed by atoms with Gasteiger partial charge in [-0.05, 0) is 87.2 Å². The molecule has 8 heteroatoms. The van der Waals surface area contributed by atoms with Gasteiger partial charge in [-0.3, -0.25) is 9.20 Å². The third kappa shape index (κ3) is 5.29. The van der Waals surface area contributed by atoms with Crippen molar-refractivity contribution in [3.8, 4) is 5.75 Å². The molecule has 4 heterocycles. The van der Waals surface area contributed by atoms with Gasteiger partial charge in [-0.1, -0.05) is 18.2 Å². The molecule has 1 fully saturated rings. The highest BCUT2D eigenvalue weighted by atomic mass is 19.1. The Labute approximate surface area is 226 Å². The minimum atomic E-state index is -0.254. The molecule has 1 saturated heterocycles. The van der Waals surface area contributed by atoms with Crippen LogP contribution in [-0.4, -0.2) is 48.6 Å². The Hall–Kier alpha value is -4.04. The second-order valence-corrected chi connectivity index (χ2v) is 10.6. The van der Waals surface area contributed by atoms with Crippen LogP contribution >= 0.6 is 0 Å². The molecule has 0 aliphatic carbocycles. The molecule has 1 aliphatic rings. The summed E-state index contributed by atoms with van der Waals surface area (Å²) in [6.07, 6.45) is 5.43. The average Bonchev–Trinajstić information content (AvgIpc) is 3.26. The Bertz CT molecular complexity index is 1680. The van der Waals surface area contributed by atoms with E-state index in [2.05, 4.69) is 14.5 Å². The lowest BCUT2D eigenvalue weighted by Gasteiger charge is -2.32. The summed E-state index contributed by atoms with van der Waals surface area (Å²) in [5, 5.41) is 10.1. The molecule has 39 heavy (non-hydrogen) atoms. The Morgan fingerprint density at radius 3 is 2.62 bits per heavy atom. The number of rotatable bonds is 7. The number of hydrogen-bond acceptors (Lipinski definition) is 5. The number of pyridine rings is 1. The normalized spacial score (nSPS) is 14.9. The number of aromatic nitrogens is 4. The van der Waals surface area contributed by atoms with Crippen molar-refractivity contribution in [1.82, 2.24) is 23.8 Å². The highest BCUT2D eigenvalue weighted by Crippen LogP contribution is 2.27. The molecule has 0 radical (unpaired) electrons.